The Morgan fingerprint density at radius 1 is 1.08 bits per heavy atom. The fourth-order valence-corrected chi connectivity index (χ4v) is 5.22. The fraction of sp³-hybridized carbons (Fsp3) is 0.350. The molecule has 1 aliphatic rings. The summed E-state index contributed by atoms with van der Waals surface area (Å²) in [6.45, 7) is 8.00. The van der Waals surface area contributed by atoms with Crippen LogP contribution in [0.2, 0.25) is 0 Å². The first-order valence-corrected chi connectivity index (χ1v) is 10.1. The van der Waals surface area contributed by atoms with Crippen LogP contribution in [0.15, 0.2) is 35.2 Å². The highest BCUT2D eigenvalue weighted by molar-refractivity contribution is 7.93. The van der Waals surface area contributed by atoms with Crippen LogP contribution in [0.5, 0.6) is 5.75 Å². The van der Waals surface area contributed by atoms with E-state index in [1.54, 1.807) is 31.2 Å². The minimum atomic E-state index is -3.78. The Balaban J connectivity index is 2.15. The van der Waals surface area contributed by atoms with Crippen molar-refractivity contribution in [1.29, 1.82) is 0 Å². The van der Waals surface area contributed by atoms with Crippen molar-refractivity contribution in [2.24, 2.45) is 0 Å². The summed E-state index contributed by atoms with van der Waals surface area (Å²) in [5.41, 5.74) is 3.15. The highest BCUT2D eigenvalue weighted by atomic mass is 32.2. The molecule has 2 aromatic carbocycles. The molecule has 2 aromatic rings. The molecule has 0 saturated carbocycles. The van der Waals surface area contributed by atoms with Crippen molar-refractivity contribution in [3.63, 3.8) is 0 Å². The van der Waals surface area contributed by atoms with Gasteiger partial charge in [0.1, 0.15) is 5.75 Å². The van der Waals surface area contributed by atoms with Gasteiger partial charge in [0, 0.05) is 18.5 Å². The number of benzene rings is 2. The highest BCUT2D eigenvalue weighted by Gasteiger charge is 2.34. The number of para-hydroxylation sites is 1. The molecule has 0 radical (unpaired) electrons. The minimum absolute atomic E-state index is 0.0188. The molecule has 0 aliphatic carbocycles. The van der Waals surface area contributed by atoms with E-state index in [9.17, 15) is 13.2 Å². The van der Waals surface area contributed by atoms with Crippen molar-refractivity contribution in [3.8, 4) is 5.75 Å². The van der Waals surface area contributed by atoms with Crippen LogP contribution in [-0.2, 0) is 10.0 Å². The average molecular weight is 373 g/mol. The van der Waals surface area contributed by atoms with Crippen molar-refractivity contribution in [2.45, 2.75) is 39.0 Å². The lowest BCUT2D eigenvalue weighted by atomic mass is 9.99. The number of ketones is 1. The number of aryl methyl sites for hydroxylation is 3. The van der Waals surface area contributed by atoms with E-state index in [2.05, 4.69) is 0 Å². The number of rotatable bonds is 4. The Morgan fingerprint density at radius 2 is 1.81 bits per heavy atom. The number of sulfonamides is 1. The predicted octanol–water partition coefficient (Wildman–Crippen LogP) is 3.79. The van der Waals surface area contributed by atoms with E-state index < -0.39 is 10.0 Å². The molecule has 0 aromatic heterocycles. The van der Waals surface area contributed by atoms with Gasteiger partial charge >= 0.3 is 0 Å². The van der Waals surface area contributed by atoms with Crippen LogP contribution in [0.1, 0.15) is 40.4 Å². The van der Waals surface area contributed by atoms with Crippen LogP contribution in [0.3, 0.4) is 0 Å². The molecule has 1 heterocycles. The molecular formula is C20H23NO4S. The summed E-state index contributed by atoms with van der Waals surface area (Å²) in [5.74, 6) is 0.670. The van der Waals surface area contributed by atoms with Crippen LogP contribution in [-0.4, -0.2) is 27.4 Å². The topological polar surface area (TPSA) is 63.7 Å². The summed E-state index contributed by atoms with van der Waals surface area (Å²) >= 11 is 0. The smallest absolute Gasteiger partial charge is 0.264 e. The summed E-state index contributed by atoms with van der Waals surface area (Å²) in [7, 11) is -3.78. The predicted molar refractivity (Wildman–Crippen MR) is 102 cm³/mol. The Bertz CT molecular complexity index is 980. The second-order valence-corrected chi connectivity index (χ2v) is 8.37. The first kappa shape index (κ1) is 18.5. The summed E-state index contributed by atoms with van der Waals surface area (Å²) in [4.78, 5) is 12.5. The average Bonchev–Trinajstić information content (AvgIpc) is 2.59. The van der Waals surface area contributed by atoms with E-state index in [0.717, 1.165) is 11.1 Å². The van der Waals surface area contributed by atoms with Gasteiger partial charge in [-0.15, -0.1) is 0 Å². The van der Waals surface area contributed by atoms with Gasteiger partial charge in [0.05, 0.1) is 17.2 Å². The molecule has 0 fully saturated rings. The van der Waals surface area contributed by atoms with Crippen LogP contribution in [0.4, 0.5) is 5.69 Å². The summed E-state index contributed by atoms with van der Waals surface area (Å²) in [6, 6.07) is 8.73. The van der Waals surface area contributed by atoms with Crippen LogP contribution < -0.4 is 9.04 Å². The molecule has 0 spiro atoms. The summed E-state index contributed by atoms with van der Waals surface area (Å²) < 4.78 is 33.8. The molecule has 3 rings (SSSR count). The van der Waals surface area contributed by atoms with E-state index in [0.29, 0.717) is 29.2 Å². The third-order valence-electron chi connectivity index (χ3n) is 4.67. The maximum atomic E-state index is 13.4. The number of carbonyl (C=O) groups excluding carboxylic acids is 1. The van der Waals surface area contributed by atoms with E-state index >= 15 is 0 Å². The van der Waals surface area contributed by atoms with Gasteiger partial charge in [0.15, 0.2) is 5.78 Å². The quantitative estimate of drug-likeness (QED) is 0.818. The second kappa shape index (κ2) is 6.76. The molecule has 0 unspecified atom stereocenters. The Morgan fingerprint density at radius 3 is 2.50 bits per heavy atom. The number of carbonyl (C=O) groups is 1. The largest absolute Gasteiger partial charge is 0.494 e. The van der Waals surface area contributed by atoms with Crippen LogP contribution in [0.25, 0.3) is 0 Å². The second-order valence-electron chi connectivity index (χ2n) is 6.54. The van der Waals surface area contributed by atoms with Crippen LogP contribution >= 0.6 is 0 Å². The maximum absolute atomic E-state index is 13.4. The Hall–Kier alpha value is -2.34. The third kappa shape index (κ3) is 2.98. The lowest BCUT2D eigenvalue weighted by Gasteiger charge is -2.31. The molecule has 0 atom stereocenters. The van der Waals surface area contributed by atoms with Gasteiger partial charge in [-0.1, -0.05) is 12.1 Å². The number of Topliss-reactive ketones (excluding diaryl/α,β-unsaturated/α-hetero) is 1. The molecule has 1 aliphatic heterocycles. The number of ether oxygens (including phenoxy) is 1. The number of fused-ring (bicyclic) bond motifs is 1. The van der Waals surface area contributed by atoms with Crippen LogP contribution in [0, 0.1) is 20.8 Å². The SMILES string of the molecule is CCOc1cc(C)c(S(=O)(=O)N2CCC(=O)c3cccc(C)c32)cc1C. The molecule has 0 bridgehead atoms. The Labute approximate surface area is 154 Å². The van der Waals surface area contributed by atoms with Gasteiger partial charge in [0.2, 0.25) is 0 Å². The molecule has 5 nitrogen and oxygen atoms in total. The van der Waals surface area contributed by atoms with E-state index in [1.807, 2.05) is 26.8 Å². The van der Waals surface area contributed by atoms with Gasteiger partial charge < -0.3 is 4.74 Å². The molecule has 26 heavy (non-hydrogen) atoms. The highest BCUT2D eigenvalue weighted by Crippen LogP contribution is 2.36. The normalized spacial score (nSPS) is 14.3. The van der Waals surface area contributed by atoms with Gasteiger partial charge in [-0.3, -0.25) is 9.10 Å². The number of hydrogen-bond donors (Lipinski definition) is 0. The maximum Gasteiger partial charge on any atom is 0.264 e. The zero-order valence-corrected chi connectivity index (χ0v) is 16.3. The zero-order chi connectivity index (χ0) is 19.1. The monoisotopic (exact) mass is 373 g/mol. The van der Waals surface area contributed by atoms with E-state index in [-0.39, 0.29) is 23.6 Å². The van der Waals surface area contributed by atoms with Gasteiger partial charge in [-0.05, 0) is 62.6 Å². The van der Waals surface area contributed by atoms with Crippen molar-refractivity contribution in [3.05, 3.63) is 52.6 Å². The number of hydrogen-bond acceptors (Lipinski definition) is 4. The number of nitrogens with zero attached hydrogens (tertiary/aromatic N) is 1. The molecule has 138 valence electrons. The standard InChI is InChI=1S/C20H23NO4S/c1-5-25-18-11-15(4)19(12-14(18)3)26(23,24)21-10-9-17(22)16-8-6-7-13(2)20(16)21/h6-8,11-12H,5,9-10H2,1-4H3. The molecule has 0 N–H and O–H groups in total. The van der Waals surface area contributed by atoms with Crippen molar-refractivity contribution in [2.75, 3.05) is 17.5 Å². The van der Waals surface area contributed by atoms with Gasteiger partial charge in [-0.25, -0.2) is 8.42 Å². The summed E-state index contributed by atoms with van der Waals surface area (Å²) in [6.07, 6.45) is 0.185. The van der Waals surface area contributed by atoms with Crippen molar-refractivity contribution in [1.82, 2.24) is 0 Å². The van der Waals surface area contributed by atoms with E-state index in [1.165, 1.54) is 4.31 Å². The first-order chi connectivity index (χ1) is 12.3. The molecular weight excluding hydrogens is 350 g/mol. The zero-order valence-electron chi connectivity index (χ0n) is 15.5. The number of anilines is 1. The third-order valence-corrected chi connectivity index (χ3v) is 6.61. The van der Waals surface area contributed by atoms with Crippen molar-refractivity contribution < 1.29 is 17.9 Å². The minimum Gasteiger partial charge on any atom is -0.494 e. The van der Waals surface area contributed by atoms with Gasteiger partial charge in [0.25, 0.3) is 10.0 Å². The summed E-state index contributed by atoms with van der Waals surface area (Å²) in [5, 5.41) is 0. The lowest BCUT2D eigenvalue weighted by molar-refractivity contribution is 0.0982. The van der Waals surface area contributed by atoms with Gasteiger partial charge in [-0.2, -0.15) is 0 Å². The van der Waals surface area contributed by atoms with E-state index in [4.69, 9.17) is 4.74 Å². The molecule has 6 heteroatoms. The Kier molecular flexibility index (Phi) is 4.80. The lowest BCUT2D eigenvalue weighted by Crippen LogP contribution is -2.38. The fourth-order valence-electron chi connectivity index (χ4n) is 3.38. The first-order valence-electron chi connectivity index (χ1n) is 8.67. The molecule has 0 saturated heterocycles. The van der Waals surface area contributed by atoms with Crippen molar-refractivity contribution >= 4 is 21.5 Å². The molecule has 0 amide bonds.